The van der Waals surface area contributed by atoms with Crippen LogP contribution in [-0.2, 0) is 11.3 Å². The number of rotatable bonds is 6. The lowest BCUT2D eigenvalue weighted by molar-refractivity contribution is -0.115. The summed E-state index contributed by atoms with van der Waals surface area (Å²) in [6.07, 6.45) is 0.500. The summed E-state index contributed by atoms with van der Waals surface area (Å²) < 4.78 is 0. The molecule has 0 aliphatic rings. The van der Waals surface area contributed by atoms with Gasteiger partial charge in [-0.2, -0.15) is 11.3 Å². The molecule has 1 amide bonds. The van der Waals surface area contributed by atoms with Gasteiger partial charge in [0, 0.05) is 24.7 Å². The number of hydrogen-bond donors (Lipinski definition) is 2. The van der Waals surface area contributed by atoms with E-state index in [2.05, 4.69) is 46.5 Å². The molecule has 1 atom stereocenters. The van der Waals surface area contributed by atoms with Crippen LogP contribution in [0.25, 0.3) is 0 Å². The second-order valence-electron chi connectivity index (χ2n) is 4.76. The van der Waals surface area contributed by atoms with Crippen LogP contribution < -0.4 is 10.6 Å². The van der Waals surface area contributed by atoms with Gasteiger partial charge in [-0.05, 0) is 47.0 Å². The van der Waals surface area contributed by atoms with Gasteiger partial charge in [0.1, 0.15) is 0 Å². The third kappa shape index (κ3) is 4.18. The number of anilines is 1. The van der Waals surface area contributed by atoms with E-state index >= 15 is 0 Å². The smallest absolute Gasteiger partial charge is 0.224 e. The molecule has 20 heavy (non-hydrogen) atoms. The first kappa shape index (κ1) is 14.8. The van der Waals surface area contributed by atoms with Crippen LogP contribution in [0.1, 0.15) is 37.4 Å². The highest BCUT2D eigenvalue weighted by molar-refractivity contribution is 7.07. The van der Waals surface area contributed by atoms with Gasteiger partial charge in [-0.1, -0.05) is 19.1 Å². The molecule has 2 N–H and O–H groups in total. The molecule has 3 nitrogen and oxygen atoms in total. The molecule has 0 aliphatic heterocycles. The fraction of sp³-hybridized carbons (Fsp3) is 0.312. The molecule has 2 aromatic rings. The van der Waals surface area contributed by atoms with Crippen LogP contribution in [0.15, 0.2) is 41.1 Å². The molecule has 1 aromatic carbocycles. The third-order valence-electron chi connectivity index (χ3n) is 3.21. The van der Waals surface area contributed by atoms with E-state index in [4.69, 9.17) is 0 Å². The minimum atomic E-state index is 0.0429. The Hall–Kier alpha value is -1.65. The molecule has 1 unspecified atom stereocenters. The fourth-order valence-corrected chi connectivity index (χ4v) is 2.56. The van der Waals surface area contributed by atoms with Crippen molar-refractivity contribution in [3.63, 3.8) is 0 Å². The lowest BCUT2D eigenvalue weighted by Gasteiger charge is -2.14. The minimum Gasteiger partial charge on any atom is -0.326 e. The topological polar surface area (TPSA) is 41.1 Å². The maximum atomic E-state index is 11.3. The second-order valence-corrected chi connectivity index (χ2v) is 5.54. The van der Waals surface area contributed by atoms with E-state index in [9.17, 15) is 4.79 Å². The first-order chi connectivity index (χ1) is 9.69. The average molecular weight is 288 g/mol. The molecule has 0 saturated carbocycles. The predicted molar refractivity (Wildman–Crippen MR) is 84.9 cm³/mol. The van der Waals surface area contributed by atoms with Crippen molar-refractivity contribution in [1.29, 1.82) is 0 Å². The summed E-state index contributed by atoms with van der Waals surface area (Å²) in [4.78, 5) is 11.3. The summed E-state index contributed by atoms with van der Waals surface area (Å²) in [5.41, 5.74) is 3.38. The van der Waals surface area contributed by atoms with E-state index in [1.807, 2.05) is 19.1 Å². The maximum Gasteiger partial charge on any atom is 0.224 e. The normalized spacial score (nSPS) is 12.1. The van der Waals surface area contributed by atoms with Gasteiger partial charge >= 0.3 is 0 Å². The number of nitrogens with one attached hydrogen (secondary N) is 2. The monoisotopic (exact) mass is 288 g/mol. The Morgan fingerprint density at radius 3 is 2.60 bits per heavy atom. The van der Waals surface area contributed by atoms with Crippen LogP contribution in [-0.4, -0.2) is 5.91 Å². The molecule has 106 valence electrons. The minimum absolute atomic E-state index is 0.0429. The van der Waals surface area contributed by atoms with E-state index in [-0.39, 0.29) is 11.9 Å². The zero-order valence-electron chi connectivity index (χ0n) is 11.8. The van der Waals surface area contributed by atoms with Gasteiger partial charge in [0.25, 0.3) is 0 Å². The molecule has 2 rings (SSSR count). The molecule has 0 saturated heterocycles. The summed E-state index contributed by atoms with van der Waals surface area (Å²) in [5, 5.41) is 10.6. The summed E-state index contributed by atoms with van der Waals surface area (Å²) in [6.45, 7) is 4.87. The highest BCUT2D eigenvalue weighted by Gasteiger charge is 2.05. The highest BCUT2D eigenvalue weighted by atomic mass is 32.1. The summed E-state index contributed by atoms with van der Waals surface area (Å²) in [5.74, 6) is 0.0429. The Bertz CT molecular complexity index is 534. The first-order valence-electron chi connectivity index (χ1n) is 6.83. The van der Waals surface area contributed by atoms with Gasteiger partial charge in [0.05, 0.1) is 0 Å². The van der Waals surface area contributed by atoms with Gasteiger partial charge in [0.2, 0.25) is 5.91 Å². The van der Waals surface area contributed by atoms with Crippen molar-refractivity contribution in [3.8, 4) is 0 Å². The van der Waals surface area contributed by atoms with Crippen LogP contribution in [0.4, 0.5) is 5.69 Å². The van der Waals surface area contributed by atoms with Crippen molar-refractivity contribution in [2.45, 2.75) is 32.9 Å². The number of amides is 1. The zero-order valence-corrected chi connectivity index (χ0v) is 12.7. The lowest BCUT2D eigenvalue weighted by Crippen LogP contribution is -2.17. The largest absolute Gasteiger partial charge is 0.326 e. The molecule has 1 heterocycles. The van der Waals surface area contributed by atoms with Crippen LogP contribution in [0.2, 0.25) is 0 Å². The SMILES string of the molecule is CCC(=O)Nc1ccc(C(C)NCc2ccsc2)cc1. The van der Waals surface area contributed by atoms with Crippen molar-refractivity contribution in [2.75, 3.05) is 5.32 Å². The molecule has 0 bridgehead atoms. The number of hydrogen-bond acceptors (Lipinski definition) is 3. The molecule has 0 spiro atoms. The quantitative estimate of drug-likeness (QED) is 0.845. The van der Waals surface area contributed by atoms with E-state index in [0.717, 1.165) is 12.2 Å². The van der Waals surface area contributed by atoms with Crippen LogP contribution in [0, 0.1) is 0 Å². The van der Waals surface area contributed by atoms with Crippen LogP contribution in [0.5, 0.6) is 0 Å². The number of carbonyl (C=O) groups excluding carboxylic acids is 1. The Morgan fingerprint density at radius 2 is 2.00 bits per heavy atom. The standard InChI is InChI=1S/C16H20N2OS/c1-3-16(19)18-15-6-4-14(5-7-15)12(2)17-10-13-8-9-20-11-13/h4-9,11-12,17H,3,10H2,1-2H3,(H,18,19). The first-order valence-corrected chi connectivity index (χ1v) is 7.77. The third-order valence-corrected chi connectivity index (χ3v) is 3.94. The molecule has 0 aliphatic carbocycles. The molecule has 0 fully saturated rings. The van der Waals surface area contributed by atoms with Gasteiger partial charge in [-0.25, -0.2) is 0 Å². The molecular formula is C16H20N2OS. The molecule has 1 aromatic heterocycles. The van der Waals surface area contributed by atoms with Gasteiger partial charge in [-0.15, -0.1) is 0 Å². The van der Waals surface area contributed by atoms with Crippen molar-refractivity contribution < 1.29 is 4.79 Å². The van der Waals surface area contributed by atoms with E-state index in [0.29, 0.717) is 6.42 Å². The van der Waals surface area contributed by atoms with Crippen molar-refractivity contribution in [2.24, 2.45) is 0 Å². The van der Waals surface area contributed by atoms with Gasteiger partial charge < -0.3 is 10.6 Å². The Balaban J connectivity index is 1.90. The predicted octanol–water partition coefficient (Wildman–Crippen LogP) is 3.95. The Kier molecular flexibility index (Phi) is 5.32. The van der Waals surface area contributed by atoms with E-state index < -0.39 is 0 Å². The summed E-state index contributed by atoms with van der Waals surface area (Å²) in [6, 6.07) is 10.4. The van der Waals surface area contributed by atoms with Crippen LogP contribution in [0.3, 0.4) is 0 Å². The van der Waals surface area contributed by atoms with Crippen molar-refractivity contribution >= 4 is 22.9 Å². The average Bonchev–Trinajstić information content (AvgIpc) is 2.98. The highest BCUT2D eigenvalue weighted by Crippen LogP contribution is 2.17. The zero-order chi connectivity index (χ0) is 14.4. The summed E-state index contributed by atoms with van der Waals surface area (Å²) >= 11 is 1.72. The van der Waals surface area contributed by atoms with E-state index in [1.165, 1.54) is 11.1 Å². The lowest BCUT2D eigenvalue weighted by atomic mass is 10.1. The molecular weight excluding hydrogens is 268 g/mol. The van der Waals surface area contributed by atoms with Crippen molar-refractivity contribution in [1.82, 2.24) is 5.32 Å². The number of carbonyl (C=O) groups is 1. The molecule has 4 heteroatoms. The Labute approximate surface area is 124 Å². The van der Waals surface area contributed by atoms with Gasteiger partial charge in [-0.3, -0.25) is 4.79 Å². The second kappa shape index (κ2) is 7.22. The number of thiophene rings is 1. The maximum absolute atomic E-state index is 11.3. The van der Waals surface area contributed by atoms with E-state index in [1.54, 1.807) is 11.3 Å². The van der Waals surface area contributed by atoms with Crippen LogP contribution >= 0.6 is 11.3 Å². The summed E-state index contributed by atoms with van der Waals surface area (Å²) in [7, 11) is 0. The molecule has 0 radical (unpaired) electrons. The Morgan fingerprint density at radius 1 is 1.25 bits per heavy atom. The number of benzene rings is 1. The van der Waals surface area contributed by atoms with Gasteiger partial charge in [0.15, 0.2) is 0 Å². The fourth-order valence-electron chi connectivity index (χ4n) is 1.89. The van der Waals surface area contributed by atoms with Crippen molar-refractivity contribution in [3.05, 3.63) is 52.2 Å².